The summed E-state index contributed by atoms with van der Waals surface area (Å²) < 4.78 is 7.48. The van der Waals surface area contributed by atoms with Crippen LogP contribution in [-0.2, 0) is 5.41 Å². The average molecular weight is 808 g/mol. The van der Waals surface area contributed by atoms with Gasteiger partial charge in [-0.25, -0.2) is 4.98 Å². The maximum Gasteiger partial charge on any atom is 0.0917 e. The third kappa shape index (κ3) is 4.51. The van der Waals surface area contributed by atoms with Gasteiger partial charge < -0.3 is 9.13 Å². The molecule has 0 atom stereocenters. The van der Waals surface area contributed by atoms with E-state index in [0.29, 0.717) is 0 Å². The van der Waals surface area contributed by atoms with Crippen LogP contribution >= 0.6 is 11.3 Å². The van der Waals surface area contributed by atoms with E-state index in [9.17, 15) is 0 Å². The molecule has 0 fully saturated rings. The van der Waals surface area contributed by atoms with Gasteiger partial charge in [-0.3, -0.25) is 0 Å². The van der Waals surface area contributed by atoms with Gasteiger partial charge in [-0.15, -0.1) is 11.3 Å². The molecule has 4 aromatic heterocycles. The zero-order chi connectivity index (χ0) is 40.8. The van der Waals surface area contributed by atoms with Crippen molar-refractivity contribution in [2.45, 2.75) is 19.3 Å². The smallest absolute Gasteiger partial charge is 0.0917 e. The maximum absolute atomic E-state index is 5.29. The summed E-state index contributed by atoms with van der Waals surface area (Å²) in [7, 11) is 0. The third-order valence-corrected chi connectivity index (χ3v) is 15.1. The molecule has 0 radical (unpaired) electrons. The molecule has 62 heavy (non-hydrogen) atoms. The highest BCUT2D eigenvalue weighted by Crippen LogP contribution is 2.50. The summed E-state index contributed by atoms with van der Waals surface area (Å²) in [5, 5.41) is 9.85. The number of thiophene rings is 1. The van der Waals surface area contributed by atoms with Crippen molar-refractivity contribution in [3.8, 4) is 33.6 Å². The number of pyridine rings is 1. The Hall–Kier alpha value is -7.53. The Kier molecular flexibility index (Phi) is 6.78. The summed E-state index contributed by atoms with van der Waals surface area (Å²) in [4.78, 5) is 5.29. The lowest BCUT2D eigenvalue weighted by atomic mass is 9.82. The van der Waals surface area contributed by atoms with Crippen LogP contribution in [0, 0.1) is 0 Å². The quantitative estimate of drug-likeness (QED) is 0.174. The Morgan fingerprint density at radius 2 is 1.13 bits per heavy atom. The van der Waals surface area contributed by atoms with E-state index in [2.05, 4.69) is 211 Å². The highest BCUT2D eigenvalue weighted by atomic mass is 32.1. The van der Waals surface area contributed by atoms with Crippen LogP contribution in [0.2, 0.25) is 0 Å². The van der Waals surface area contributed by atoms with Gasteiger partial charge in [0.2, 0.25) is 0 Å². The van der Waals surface area contributed by atoms with Crippen molar-refractivity contribution in [1.29, 1.82) is 0 Å². The molecule has 0 spiro atoms. The van der Waals surface area contributed by atoms with Gasteiger partial charge >= 0.3 is 0 Å². The van der Waals surface area contributed by atoms with E-state index in [1.807, 2.05) is 11.3 Å². The normalized spacial score (nSPS) is 13.5. The van der Waals surface area contributed by atoms with Gasteiger partial charge in [0.25, 0.3) is 0 Å². The molecule has 1 aliphatic carbocycles. The van der Waals surface area contributed by atoms with Crippen molar-refractivity contribution in [2.75, 3.05) is 0 Å². The Balaban J connectivity index is 1.03. The second kappa shape index (κ2) is 12.3. The second-order valence-electron chi connectivity index (χ2n) is 17.5. The predicted molar refractivity (Wildman–Crippen MR) is 264 cm³/mol. The van der Waals surface area contributed by atoms with Crippen LogP contribution in [-0.4, -0.2) is 14.1 Å². The lowest BCUT2D eigenvalue weighted by Gasteiger charge is -2.21. The Bertz CT molecular complexity index is 4080. The van der Waals surface area contributed by atoms with Crippen molar-refractivity contribution in [3.63, 3.8) is 0 Å². The van der Waals surface area contributed by atoms with E-state index < -0.39 is 0 Å². The van der Waals surface area contributed by atoms with E-state index in [4.69, 9.17) is 4.98 Å². The van der Waals surface area contributed by atoms with Gasteiger partial charge in [0, 0.05) is 53.5 Å². The molecular weight excluding hydrogens is 771 g/mol. The van der Waals surface area contributed by atoms with Crippen LogP contribution < -0.4 is 0 Å². The molecule has 14 rings (SSSR count). The second-order valence-corrected chi connectivity index (χ2v) is 18.5. The van der Waals surface area contributed by atoms with Crippen LogP contribution in [0.5, 0.6) is 0 Å². The van der Waals surface area contributed by atoms with Crippen LogP contribution in [0.4, 0.5) is 0 Å². The molecule has 9 aromatic carbocycles. The van der Waals surface area contributed by atoms with Crippen molar-refractivity contribution in [1.82, 2.24) is 14.1 Å². The van der Waals surface area contributed by atoms with Gasteiger partial charge in [-0.2, -0.15) is 0 Å². The zero-order valence-corrected chi connectivity index (χ0v) is 35.0. The molecule has 0 aliphatic heterocycles. The summed E-state index contributed by atoms with van der Waals surface area (Å²) in [6.45, 7) is 4.71. The molecule has 1 aliphatic rings. The zero-order valence-electron chi connectivity index (χ0n) is 34.1. The maximum atomic E-state index is 5.29. The van der Waals surface area contributed by atoms with Crippen molar-refractivity contribution in [3.05, 3.63) is 199 Å². The summed E-state index contributed by atoms with van der Waals surface area (Å²) in [6, 6.07) is 69.9. The lowest BCUT2D eigenvalue weighted by molar-refractivity contribution is 0.660. The Labute approximate surface area is 361 Å². The summed E-state index contributed by atoms with van der Waals surface area (Å²) in [5.74, 6) is 0. The van der Waals surface area contributed by atoms with Crippen molar-refractivity contribution in [2.24, 2.45) is 0 Å². The number of hydrogen-bond donors (Lipinski definition) is 0. The molecule has 0 saturated carbocycles. The molecule has 290 valence electrons. The Morgan fingerprint density at radius 1 is 0.452 bits per heavy atom. The molecule has 0 N–H and O–H groups in total. The third-order valence-electron chi connectivity index (χ3n) is 13.9. The summed E-state index contributed by atoms with van der Waals surface area (Å²) in [5.41, 5.74) is 17.1. The SMILES string of the molecule is CC1(C)c2ccccc2-c2cc(-n3c4ccc(-c5ccc6c7ccccc7n(-c7c8ccccc8nc8c7sc7ccccc78)c6c5)cc4c4ccc5ccccc5c43)ccc21. The van der Waals surface area contributed by atoms with Gasteiger partial charge in [0.05, 0.1) is 43.5 Å². The topological polar surface area (TPSA) is 22.8 Å². The van der Waals surface area contributed by atoms with Crippen LogP contribution in [0.15, 0.2) is 188 Å². The van der Waals surface area contributed by atoms with Gasteiger partial charge in [-0.05, 0) is 87.3 Å². The molecule has 0 bridgehead atoms. The number of para-hydroxylation sites is 2. The highest BCUT2D eigenvalue weighted by Gasteiger charge is 2.35. The van der Waals surface area contributed by atoms with Crippen LogP contribution in [0.25, 0.3) is 119 Å². The minimum absolute atomic E-state index is 0.0476. The van der Waals surface area contributed by atoms with Gasteiger partial charge in [0.1, 0.15) is 0 Å². The molecule has 3 nitrogen and oxygen atoms in total. The number of fused-ring (bicyclic) bond motifs is 15. The average Bonchev–Trinajstić information content (AvgIpc) is 4.03. The number of hydrogen-bond acceptors (Lipinski definition) is 2. The number of rotatable bonds is 3. The number of nitrogens with zero attached hydrogens (tertiary/aromatic N) is 3. The molecule has 0 unspecified atom stereocenters. The number of benzene rings is 9. The highest BCUT2D eigenvalue weighted by molar-refractivity contribution is 7.26. The van der Waals surface area contributed by atoms with E-state index in [0.717, 1.165) is 16.4 Å². The molecule has 13 aromatic rings. The molecule has 0 saturated heterocycles. The minimum Gasteiger partial charge on any atom is -0.309 e. The first-order valence-electron chi connectivity index (χ1n) is 21.5. The van der Waals surface area contributed by atoms with Crippen LogP contribution in [0.3, 0.4) is 0 Å². The minimum atomic E-state index is -0.0476. The van der Waals surface area contributed by atoms with E-state index in [-0.39, 0.29) is 5.41 Å². The standard InChI is InChI=1S/C58H37N3S/c1-58(2)47-19-9-5-15-39(47)45-33-37(26-29-48(45)58)60-51-30-25-35(31-46(51)42-28-23-34-13-3-4-14-38(34)55(42)60)36-24-27-41-40-16-7-11-21-50(40)61(52(41)32-36)56-43-17-6-10-20-49(43)59-54-44-18-8-12-22-53(44)62-57(54)56/h3-33H,1-2H3. The first kappa shape index (κ1) is 34.2. The lowest BCUT2D eigenvalue weighted by Crippen LogP contribution is -2.14. The van der Waals surface area contributed by atoms with Crippen LogP contribution in [0.1, 0.15) is 25.0 Å². The first-order chi connectivity index (χ1) is 30.5. The van der Waals surface area contributed by atoms with Gasteiger partial charge in [0.15, 0.2) is 0 Å². The van der Waals surface area contributed by atoms with Crippen molar-refractivity contribution < 1.29 is 0 Å². The fourth-order valence-electron chi connectivity index (χ4n) is 11.0. The van der Waals surface area contributed by atoms with Crippen molar-refractivity contribution >= 4 is 96.9 Å². The molecular formula is C58H37N3S. The molecule has 0 amide bonds. The number of aromatic nitrogens is 3. The summed E-state index contributed by atoms with van der Waals surface area (Å²) >= 11 is 1.84. The molecule has 4 heteroatoms. The fraction of sp³-hybridized carbons (Fsp3) is 0.0517. The molecule has 4 heterocycles. The van der Waals surface area contributed by atoms with Gasteiger partial charge in [-0.1, -0.05) is 153 Å². The monoisotopic (exact) mass is 807 g/mol. The summed E-state index contributed by atoms with van der Waals surface area (Å²) in [6.07, 6.45) is 0. The first-order valence-corrected chi connectivity index (χ1v) is 22.3. The predicted octanol–water partition coefficient (Wildman–Crippen LogP) is 15.9. The largest absolute Gasteiger partial charge is 0.309 e. The van der Waals surface area contributed by atoms with E-state index >= 15 is 0 Å². The van der Waals surface area contributed by atoms with E-state index in [1.54, 1.807) is 0 Å². The van der Waals surface area contributed by atoms with E-state index in [1.165, 1.54) is 114 Å². The Morgan fingerprint density at radius 3 is 2.05 bits per heavy atom. The fourth-order valence-corrected chi connectivity index (χ4v) is 12.2.